The number of nitrogens with one attached hydrogen (secondary N) is 1. The predicted octanol–water partition coefficient (Wildman–Crippen LogP) is 2.67. The summed E-state index contributed by atoms with van der Waals surface area (Å²) in [5, 5.41) is 9.49. The van der Waals surface area contributed by atoms with E-state index in [0.29, 0.717) is 17.1 Å². The third-order valence-electron chi connectivity index (χ3n) is 3.54. The van der Waals surface area contributed by atoms with Crippen LogP contribution in [0.5, 0.6) is 5.75 Å². The number of halogens is 1. The predicted molar refractivity (Wildman–Crippen MR) is 81.6 cm³/mol. The second-order valence-corrected chi connectivity index (χ2v) is 5.17. The van der Waals surface area contributed by atoms with Crippen LogP contribution in [0.3, 0.4) is 0 Å². The highest BCUT2D eigenvalue weighted by atomic mass is 19.1. The van der Waals surface area contributed by atoms with Crippen LogP contribution in [0.15, 0.2) is 36.5 Å². The smallest absolute Gasteiger partial charge is 0.146 e. The molecule has 5 nitrogen and oxygen atoms in total. The molecule has 0 saturated heterocycles. The molecule has 0 aliphatic heterocycles. The molecule has 0 bridgehead atoms. The SMILES string of the molecule is Cc1c(OCC(C)(C#N)c2ccc(F)cc2)ccnc1NN. The van der Waals surface area contributed by atoms with Gasteiger partial charge in [0.15, 0.2) is 0 Å². The first-order valence-corrected chi connectivity index (χ1v) is 6.72. The van der Waals surface area contributed by atoms with Crippen LogP contribution < -0.4 is 16.0 Å². The van der Waals surface area contributed by atoms with Gasteiger partial charge >= 0.3 is 0 Å². The molecule has 1 aromatic heterocycles. The van der Waals surface area contributed by atoms with Gasteiger partial charge in [0.2, 0.25) is 0 Å². The van der Waals surface area contributed by atoms with Gasteiger partial charge in [0.25, 0.3) is 0 Å². The Morgan fingerprint density at radius 3 is 2.64 bits per heavy atom. The number of anilines is 1. The molecule has 0 aliphatic rings. The monoisotopic (exact) mass is 300 g/mol. The van der Waals surface area contributed by atoms with Crippen LogP contribution in [0.25, 0.3) is 0 Å². The molecular weight excluding hydrogens is 283 g/mol. The number of nitrogens with two attached hydrogens (primary N) is 1. The van der Waals surface area contributed by atoms with Crippen LogP contribution in [0.2, 0.25) is 0 Å². The highest BCUT2D eigenvalue weighted by Crippen LogP contribution is 2.27. The summed E-state index contributed by atoms with van der Waals surface area (Å²) in [6, 6.07) is 9.78. The van der Waals surface area contributed by atoms with Gasteiger partial charge in [0, 0.05) is 11.8 Å². The molecule has 0 spiro atoms. The molecule has 1 heterocycles. The van der Waals surface area contributed by atoms with Crippen molar-refractivity contribution in [2.24, 2.45) is 5.84 Å². The number of nitriles is 1. The molecule has 6 heteroatoms. The average Bonchev–Trinajstić information content (AvgIpc) is 2.54. The minimum absolute atomic E-state index is 0.129. The second kappa shape index (κ2) is 6.41. The number of rotatable bonds is 5. The van der Waals surface area contributed by atoms with E-state index in [4.69, 9.17) is 10.6 Å². The molecule has 2 rings (SSSR count). The number of hydrogen-bond donors (Lipinski definition) is 2. The quantitative estimate of drug-likeness (QED) is 0.655. The zero-order valence-electron chi connectivity index (χ0n) is 12.4. The summed E-state index contributed by atoms with van der Waals surface area (Å²) in [5.74, 6) is 6.14. The highest BCUT2D eigenvalue weighted by Gasteiger charge is 2.28. The number of nitrogens with zero attached hydrogens (tertiary/aromatic N) is 2. The van der Waals surface area contributed by atoms with Gasteiger partial charge in [-0.15, -0.1) is 0 Å². The summed E-state index contributed by atoms with van der Waals surface area (Å²) in [7, 11) is 0. The minimum atomic E-state index is -0.889. The number of benzene rings is 1. The van der Waals surface area contributed by atoms with E-state index in [1.165, 1.54) is 12.1 Å². The summed E-state index contributed by atoms with van der Waals surface area (Å²) in [6.07, 6.45) is 1.57. The maximum Gasteiger partial charge on any atom is 0.146 e. The lowest BCUT2D eigenvalue weighted by atomic mass is 9.85. The van der Waals surface area contributed by atoms with E-state index in [0.717, 1.165) is 5.56 Å². The van der Waals surface area contributed by atoms with Crippen molar-refractivity contribution in [1.29, 1.82) is 5.26 Å². The molecule has 0 radical (unpaired) electrons. The minimum Gasteiger partial charge on any atom is -0.491 e. The van der Waals surface area contributed by atoms with Gasteiger partial charge < -0.3 is 10.2 Å². The van der Waals surface area contributed by atoms with E-state index in [-0.39, 0.29) is 12.4 Å². The summed E-state index contributed by atoms with van der Waals surface area (Å²) >= 11 is 0. The van der Waals surface area contributed by atoms with Gasteiger partial charge in [-0.05, 0) is 37.6 Å². The third kappa shape index (κ3) is 3.15. The van der Waals surface area contributed by atoms with E-state index in [9.17, 15) is 9.65 Å². The molecule has 1 unspecified atom stereocenters. The first kappa shape index (κ1) is 15.7. The largest absolute Gasteiger partial charge is 0.491 e. The molecule has 22 heavy (non-hydrogen) atoms. The zero-order chi connectivity index (χ0) is 16.2. The Bertz CT molecular complexity index is 696. The van der Waals surface area contributed by atoms with Crippen molar-refractivity contribution >= 4 is 5.82 Å². The normalized spacial score (nSPS) is 13.0. The number of hydrazine groups is 1. The molecule has 114 valence electrons. The fourth-order valence-electron chi connectivity index (χ4n) is 2.04. The third-order valence-corrected chi connectivity index (χ3v) is 3.54. The Labute approximate surface area is 128 Å². The van der Waals surface area contributed by atoms with E-state index >= 15 is 0 Å². The molecule has 0 saturated carbocycles. The van der Waals surface area contributed by atoms with Crippen molar-refractivity contribution in [2.75, 3.05) is 12.0 Å². The summed E-state index contributed by atoms with van der Waals surface area (Å²) in [5.41, 5.74) is 3.05. The van der Waals surface area contributed by atoms with Crippen molar-refractivity contribution < 1.29 is 9.13 Å². The highest BCUT2D eigenvalue weighted by molar-refractivity contribution is 5.50. The summed E-state index contributed by atoms with van der Waals surface area (Å²) in [4.78, 5) is 4.07. The first-order chi connectivity index (χ1) is 10.5. The fourth-order valence-corrected chi connectivity index (χ4v) is 2.04. The number of pyridine rings is 1. The molecule has 3 N–H and O–H groups in total. The molecule has 2 aromatic rings. The van der Waals surface area contributed by atoms with Gasteiger partial charge in [0.1, 0.15) is 29.4 Å². The van der Waals surface area contributed by atoms with E-state index in [1.54, 1.807) is 31.3 Å². The summed E-state index contributed by atoms with van der Waals surface area (Å²) < 4.78 is 18.8. The van der Waals surface area contributed by atoms with Gasteiger partial charge in [-0.1, -0.05) is 12.1 Å². The number of aromatic nitrogens is 1. The molecule has 0 aliphatic carbocycles. The lowest BCUT2D eigenvalue weighted by Gasteiger charge is -2.23. The number of hydrogen-bond acceptors (Lipinski definition) is 5. The van der Waals surface area contributed by atoms with Gasteiger partial charge in [-0.25, -0.2) is 15.2 Å². The standard InChI is InChI=1S/C16H17FN4O/c1-11-14(7-8-20-15(11)21-19)22-10-16(2,9-18)12-3-5-13(17)6-4-12/h3-8H,10,19H2,1-2H3,(H,20,21). The lowest BCUT2D eigenvalue weighted by molar-refractivity contribution is 0.261. The Balaban J connectivity index is 2.21. The maximum atomic E-state index is 13.0. The van der Waals surface area contributed by atoms with Crippen molar-refractivity contribution in [1.82, 2.24) is 4.98 Å². The van der Waals surface area contributed by atoms with Crippen LogP contribution in [0, 0.1) is 24.1 Å². The van der Waals surface area contributed by atoms with Gasteiger partial charge in [-0.2, -0.15) is 5.26 Å². The van der Waals surface area contributed by atoms with Crippen LogP contribution in [-0.4, -0.2) is 11.6 Å². The van der Waals surface area contributed by atoms with Crippen molar-refractivity contribution in [3.63, 3.8) is 0 Å². The Kier molecular flexibility index (Phi) is 4.59. The summed E-state index contributed by atoms with van der Waals surface area (Å²) in [6.45, 7) is 3.70. The van der Waals surface area contributed by atoms with Crippen LogP contribution in [0.1, 0.15) is 18.1 Å². The van der Waals surface area contributed by atoms with Crippen LogP contribution >= 0.6 is 0 Å². The molecule has 0 amide bonds. The average molecular weight is 300 g/mol. The molecule has 0 fully saturated rings. The van der Waals surface area contributed by atoms with E-state index in [1.807, 2.05) is 6.92 Å². The zero-order valence-corrected chi connectivity index (χ0v) is 12.4. The van der Waals surface area contributed by atoms with Gasteiger partial charge in [0.05, 0.1) is 6.07 Å². The molecule has 1 atom stereocenters. The fraction of sp³-hybridized carbons (Fsp3) is 0.250. The van der Waals surface area contributed by atoms with Crippen LogP contribution in [-0.2, 0) is 5.41 Å². The van der Waals surface area contributed by atoms with Gasteiger partial charge in [-0.3, -0.25) is 0 Å². The lowest BCUT2D eigenvalue weighted by Crippen LogP contribution is -2.28. The van der Waals surface area contributed by atoms with E-state index in [2.05, 4.69) is 16.5 Å². The first-order valence-electron chi connectivity index (χ1n) is 6.72. The molecule has 1 aromatic carbocycles. The number of ether oxygens (including phenoxy) is 1. The maximum absolute atomic E-state index is 13.0. The Hall–Kier alpha value is -2.65. The Morgan fingerprint density at radius 1 is 1.36 bits per heavy atom. The van der Waals surface area contributed by atoms with Crippen molar-refractivity contribution in [2.45, 2.75) is 19.3 Å². The van der Waals surface area contributed by atoms with Crippen molar-refractivity contribution in [3.05, 3.63) is 53.5 Å². The van der Waals surface area contributed by atoms with E-state index < -0.39 is 5.41 Å². The van der Waals surface area contributed by atoms with Crippen molar-refractivity contribution in [3.8, 4) is 11.8 Å². The topological polar surface area (TPSA) is 84.0 Å². The molecular formula is C16H17FN4O. The Morgan fingerprint density at radius 2 is 2.05 bits per heavy atom. The van der Waals surface area contributed by atoms with Crippen LogP contribution in [0.4, 0.5) is 10.2 Å². The second-order valence-electron chi connectivity index (χ2n) is 5.17. The number of nitrogen functional groups attached to an aromatic ring is 1.